The second kappa shape index (κ2) is 6.02. The van der Waals surface area contributed by atoms with E-state index in [0.717, 1.165) is 6.08 Å². The number of carboxylic acids is 1. The molecule has 0 radical (unpaired) electrons. The third-order valence-corrected chi connectivity index (χ3v) is 3.24. The second-order valence-corrected chi connectivity index (χ2v) is 5.49. The lowest BCUT2D eigenvalue weighted by Gasteiger charge is -2.09. The van der Waals surface area contributed by atoms with Gasteiger partial charge in [-0.3, -0.25) is 4.72 Å². The number of sulfonamides is 1. The van der Waals surface area contributed by atoms with Crippen molar-refractivity contribution in [2.45, 2.75) is 6.92 Å². The molecule has 0 aliphatic rings. The van der Waals surface area contributed by atoms with Crippen molar-refractivity contribution >= 4 is 27.8 Å². The summed E-state index contributed by atoms with van der Waals surface area (Å²) in [6.45, 7) is 1.70. The lowest BCUT2D eigenvalue weighted by molar-refractivity contribution is -0.131. The normalized spacial score (nSPS) is 11.2. The van der Waals surface area contributed by atoms with Crippen LogP contribution in [0.4, 0.5) is 5.69 Å². The highest BCUT2D eigenvalue weighted by molar-refractivity contribution is 7.92. The summed E-state index contributed by atoms with van der Waals surface area (Å²) in [7, 11) is -3.71. The smallest absolute Gasteiger partial charge is 0.328 e. The van der Waals surface area contributed by atoms with Crippen LogP contribution in [-0.2, 0) is 14.8 Å². The van der Waals surface area contributed by atoms with E-state index in [-0.39, 0.29) is 0 Å². The maximum atomic E-state index is 11.5. The molecule has 0 aliphatic carbocycles. The zero-order valence-corrected chi connectivity index (χ0v) is 10.9. The maximum Gasteiger partial charge on any atom is 0.328 e. The molecule has 0 aromatic heterocycles. The summed E-state index contributed by atoms with van der Waals surface area (Å²) in [5.74, 6) is -1.73. The van der Waals surface area contributed by atoms with Crippen LogP contribution >= 0.6 is 0 Å². The van der Waals surface area contributed by atoms with E-state index < -0.39 is 21.7 Å². The van der Waals surface area contributed by atoms with Crippen molar-refractivity contribution in [1.29, 1.82) is 5.26 Å². The molecule has 0 atom stereocenters. The number of anilines is 1. The highest BCUT2D eigenvalue weighted by Crippen LogP contribution is 2.19. The first-order valence-electron chi connectivity index (χ1n) is 5.23. The van der Waals surface area contributed by atoms with Gasteiger partial charge in [0.1, 0.15) is 0 Å². The number of aliphatic carboxylic acids is 1. The van der Waals surface area contributed by atoms with Crippen molar-refractivity contribution in [2.24, 2.45) is 0 Å². The minimum Gasteiger partial charge on any atom is -0.478 e. The van der Waals surface area contributed by atoms with Gasteiger partial charge in [0.2, 0.25) is 10.0 Å². The molecule has 1 rings (SSSR count). The molecule has 2 N–H and O–H groups in total. The van der Waals surface area contributed by atoms with Crippen LogP contribution in [0, 0.1) is 18.3 Å². The molecular formula is C12H12N2O4S. The summed E-state index contributed by atoms with van der Waals surface area (Å²) in [6, 6.07) is 6.39. The highest BCUT2D eigenvalue weighted by atomic mass is 32.2. The summed E-state index contributed by atoms with van der Waals surface area (Å²) >= 11 is 0. The van der Waals surface area contributed by atoms with E-state index in [1.54, 1.807) is 25.1 Å². The minimum atomic E-state index is -3.71. The summed E-state index contributed by atoms with van der Waals surface area (Å²) < 4.78 is 25.3. The summed E-state index contributed by atoms with van der Waals surface area (Å²) in [6.07, 6.45) is 2.31. The number of aryl methyl sites for hydroxylation is 1. The number of nitrogens with one attached hydrogen (secondary N) is 1. The molecule has 100 valence electrons. The molecule has 1 aromatic carbocycles. The van der Waals surface area contributed by atoms with Crippen LogP contribution < -0.4 is 4.72 Å². The van der Waals surface area contributed by atoms with E-state index in [4.69, 9.17) is 10.4 Å². The van der Waals surface area contributed by atoms with Gasteiger partial charge in [-0.15, -0.1) is 0 Å². The Hall–Kier alpha value is -2.33. The highest BCUT2D eigenvalue weighted by Gasteiger charge is 2.11. The van der Waals surface area contributed by atoms with Crippen molar-refractivity contribution in [3.63, 3.8) is 0 Å². The average molecular weight is 280 g/mol. The van der Waals surface area contributed by atoms with E-state index in [1.165, 1.54) is 12.1 Å². The molecule has 0 unspecified atom stereocenters. The monoisotopic (exact) mass is 280 g/mol. The van der Waals surface area contributed by atoms with Gasteiger partial charge in [-0.1, -0.05) is 12.1 Å². The van der Waals surface area contributed by atoms with Gasteiger partial charge >= 0.3 is 5.97 Å². The van der Waals surface area contributed by atoms with Crippen LogP contribution in [0.15, 0.2) is 24.3 Å². The number of nitriles is 1. The molecule has 0 heterocycles. The number of rotatable bonds is 5. The first kappa shape index (κ1) is 14.7. The van der Waals surface area contributed by atoms with E-state index in [2.05, 4.69) is 4.72 Å². The van der Waals surface area contributed by atoms with E-state index in [9.17, 15) is 13.2 Å². The molecule has 0 fully saturated rings. The first-order valence-corrected chi connectivity index (χ1v) is 6.88. The van der Waals surface area contributed by atoms with E-state index in [1.807, 2.05) is 0 Å². The Morgan fingerprint density at radius 1 is 1.53 bits per heavy atom. The Labute approximate surface area is 111 Å². The predicted octanol–water partition coefficient (Wildman–Crippen LogP) is 1.36. The SMILES string of the molecule is Cc1ccc(C=CC(=O)O)cc1NS(=O)(=O)CC#N. The van der Waals surface area contributed by atoms with Crippen molar-refractivity contribution in [3.8, 4) is 6.07 Å². The van der Waals surface area contributed by atoms with Crippen LogP contribution in [-0.4, -0.2) is 25.2 Å². The third-order valence-electron chi connectivity index (χ3n) is 2.20. The van der Waals surface area contributed by atoms with Crippen molar-refractivity contribution in [3.05, 3.63) is 35.4 Å². The number of hydrogen-bond acceptors (Lipinski definition) is 4. The number of benzene rings is 1. The number of nitrogens with zero attached hydrogens (tertiary/aromatic N) is 1. The third kappa shape index (κ3) is 4.81. The lowest BCUT2D eigenvalue weighted by atomic mass is 10.1. The fraction of sp³-hybridized carbons (Fsp3) is 0.167. The number of carboxylic acid groups (broad SMARTS) is 1. The van der Waals surface area contributed by atoms with Crippen LogP contribution in [0.25, 0.3) is 6.08 Å². The standard InChI is InChI=1S/C12H12N2O4S/c1-9-2-3-10(4-5-12(15)16)8-11(9)14-19(17,18)7-6-13/h2-5,8,14H,7H2,1H3,(H,15,16). The van der Waals surface area contributed by atoms with Crippen LogP contribution in [0.3, 0.4) is 0 Å². The minimum absolute atomic E-state index is 0.322. The molecule has 7 heteroatoms. The molecule has 0 spiro atoms. The van der Waals surface area contributed by atoms with Gasteiger partial charge in [0.15, 0.2) is 5.75 Å². The molecular weight excluding hydrogens is 268 g/mol. The molecule has 19 heavy (non-hydrogen) atoms. The van der Waals surface area contributed by atoms with Crippen LogP contribution in [0.1, 0.15) is 11.1 Å². The predicted molar refractivity (Wildman–Crippen MR) is 70.9 cm³/mol. The largest absolute Gasteiger partial charge is 0.478 e. The van der Waals surface area contributed by atoms with Crippen molar-refractivity contribution in [2.75, 3.05) is 10.5 Å². The zero-order chi connectivity index (χ0) is 14.5. The molecule has 0 saturated carbocycles. The molecule has 0 amide bonds. The number of hydrogen-bond donors (Lipinski definition) is 2. The maximum absolute atomic E-state index is 11.5. The van der Waals surface area contributed by atoms with Crippen molar-refractivity contribution < 1.29 is 18.3 Å². The molecule has 0 bridgehead atoms. The summed E-state index contributed by atoms with van der Waals surface area (Å²) in [4.78, 5) is 10.4. The van der Waals surface area contributed by atoms with E-state index in [0.29, 0.717) is 16.8 Å². The Morgan fingerprint density at radius 2 is 2.21 bits per heavy atom. The van der Waals surface area contributed by atoms with Gasteiger partial charge in [-0.25, -0.2) is 13.2 Å². The van der Waals surface area contributed by atoms with E-state index >= 15 is 0 Å². The molecule has 1 aromatic rings. The first-order chi connectivity index (χ1) is 8.84. The number of carbonyl (C=O) groups is 1. The van der Waals surface area contributed by atoms with Gasteiger partial charge in [0.05, 0.1) is 11.8 Å². The van der Waals surface area contributed by atoms with Crippen LogP contribution in [0.2, 0.25) is 0 Å². The van der Waals surface area contributed by atoms with Gasteiger partial charge in [0, 0.05) is 6.08 Å². The average Bonchev–Trinajstić information content (AvgIpc) is 2.29. The van der Waals surface area contributed by atoms with Crippen molar-refractivity contribution in [1.82, 2.24) is 0 Å². The molecule has 6 nitrogen and oxygen atoms in total. The quantitative estimate of drug-likeness (QED) is 0.792. The fourth-order valence-corrected chi connectivity index (χ4v) is 2.11. The van der Waals surface area contributed by atoms with Gasteiger partial charge in [-0.05, 0) is 30.2 Å². The second-order valence-electron chi connectivity index (χ2n) is 3.77. The van der Waals surface area contributed by atoms with Gasteiger partial charge in [0.25, 0.3) is 0 Å². The summed E-state index contributed by atoms with van der Waals surface area (Å²) in [5.41, 5.74) is 1.54. The lowest BCUT2D eigenvalue weighted by Crippen LogP contribution is -2.16. The Morgan fingerprint density at radius 3 is 2.79 bits per heavy atom. The molecule has 0 aliphatic heterocycles. The Balaban J connectivity index is 3.05. The van der Waals surface area contributed by atoms with Gasteiger partial charge in [-0.2, -0.15) is 5.26 Å². The van der Waals surface area contributed by atoms with Crippen LogP contribution in [0.5, 0.6) is 0 Å². The fourth-order valence-electron chi connectivity index (χ4n) is 1.31. The molecule has 0 saturated heterocycles. The topological polar surface area (TPSA) is 107 Å². The Kier molecular flexibility index (Phi) is 4.67. The Bertz CT molecular complexity index is 657. The summed E-state index contributed by atoms with van der Waals surface area (Å²) in [5, 5.41) is 16.9. The van der Waals surface area contributed by atoms with Gasteiger partial charge < -0.3 is 5.11 Å². The zero-order valence-electron chi connectivity index (χ0n) is 10.1.